The topological polar surface area (TPSA) is 32.3 Å². The molecule has 0 aliphatic heterocycles. The Morgan fingerprint density at radius 3 is 2.32 bits per heavy atom. The van der Waals surface area contributed by atoms with Gasteiger partial charge in [-0.15, -0.1) is 0 Å². The van der Waals surface area contributed by atoms with Gasteiger partial charge in [0.1, 0.15) is 0 Å². The molecule has 1 aromatic rings. The number of rotatable bonds is 5. The van der Waals surface area contributed by atoms with Crippen LogP contribution in [0.15, 0.2) is 30.3 Å². The van der Waals surface area contributed by atoms with E-state index in [1.54, 1.807) is 0 Å². The van der Waals surface area contributed by atoms with Crippen molar-refractivity contribution in [3.8, 4) is 0 Å². The highest BCUT2D eigenvalue weighted by Crippen LogP contribution is 2.28. The van der Waals surface area contributed by atoms with Crippen LogP contribution in [0.25, 0.3) is 0 Å². The van der Waals surface area contributed by atoms with Gasteiger partial charge in [-0.05, 0) is 43.1 Å². The van der Waals surface area contributed by atoms with E-state index in [1.807, 2.05) is 6.07 Å². The Bertz CT molecular complexity index is 355. The van der Waals surface area contributed by atoms with Gasteiger partial charge >= 0.3 is 0 Å². The molecule has 2 rings (SSSR count). The van der Waals surface area contributed by atoms with Gasteiger partial charge in [0, 0.05) is 12.1 Å². The van der Waals surface area contributed by atoms with Gasteiger partial charge in [0.15, 0.2) is 0 Å². The number of aliphatic hydroxyl groups is 1. The molecule has 2 heteroatoms. The van der Waals surface area contributed by atoms with E-state index in [0.717, 1.165) is 18.3 Å². The maximum Gasteiger partial charge on any atom is 0.0587 e. The Labute approximate surface area is 117 Å². The molecule has 106 valence electrons. The zero-order chi connectivity index (χ0) is 13.7. The summed E-state index contributed by atoms with van der Waals surface area (Å²) in [5.74, 6) is 1.61. The molecular formula is C17H27NO. The summed E-state index contributed by atoms with van der Waals surface area (Å²) in [5.41, 5.74) is 1.30. The summed E-state index contributed by atoms with van der Waals surface area (Å²) < 4.78 is 0. The zero-order valence-corrected chi connectivity index (χ0v) is 12.2. The van der Waals surface area contributed by atoms with Gasteiger partial charge in [0.2, 0.25) is 0 Å². The van der Waals surface area contributed by atoms with E-state index >= 15 is 0 Å². The van der Waals surface area contributed by atoms with E-state index in [2.05, 4.69) is 43.4 Å². The first-order chi connectivity index (χ1) is 9.17. The Morgan fingerprint density at radius 1 is 1.11 bits per heavy atom. The van der Waals surface area contributed by atoms with Crippen LogP contribution in [0.2, 0.25) is 0 Å². The molecule has 0 bridgehead atoms. The number of benzene rings is 1. The molecule has 0 spiro atoms. The van der Waals surface area contributed by atoms with Crippen LogP contribution in [0, 0.1) is 11.8 Å². The first-order valence-electron chi connectivity index (χ1n) is 7.58. The second-order valence-electron chi connectivity index (χ2n) is 6.35. The van der Waals surface area contributed by atoms with Crippen molar-refractivity contribution < 1.29 is 5.11 Å². The normalized spacial score (nSPS) is 29.1. The Morgan fingerprint density at radius 2 is 1.74 bits per heavy atom. The van der Waals surface area contributed by atoms with Gasteiger partial charge in [0.25, 0.3) is 0 Å². The largest absolute Gasteiger partial charge is 0.395 e. The average molecular weight is 261 g/mol. The van der Waals surface area contributed by atoms with Gasteiger partial charge in [-0.3, -0.25) is 0 Å². The van der Waals surface area contributed by atoms with Gasteiger partial charge in [-0.25, -0.2) is 0 Å². The summed E-state index contributed by atoms with van der Waals surface area (Å²) in [4.78, 5) is 0. The summed E-state index contributed by atoms with van der Waals surface area (Å²) in [6.45, 7) is 4.90. The van der Waals surface area contributed by atoms with Crippen molar-refractivity contribution in [2.24, 2.45) is 11.8 Å². The standard InChI is InChI=1S/C17H27NO/c1-13-8-14(2)10-16(9-13)18-17(12-19)11-15-6-4-3-5-7-15/h3-7,13-14,16-19H,8-12H2,1-2H3/t13?,14?,16?,17-/m0/s1. The number of aliphatic hydroxyl groups excluding tert-OH is 1. The molecule has 3 atom stereocenters. The third kappa shape index (κ3) is 4.63. The first kappa shape index (κ1) is 14.5. The average Bonchev–Trinajstić information content (AvgIpc) is 2.38. The van der Waals surface area contributed by atoms with Gasteiger partial charge < -0.3 is 10.4 Å². The molecule has 1 aromatic carbocycles. The monoisotopic (exact) mass is 261 g/mol. The lowest BCUT2D eigenvalue weighted by Crippen LogP contribution is -2.45. The van der Waals surface area contributed by atoms with Crippen molar-refractivity contribution in [1.29, 1.82) is 0 Å². The molecule has 0 heterocycles. The Kier molecular flexibility index (Phi) is 5.41. The van der Waals surface area contributed by atoms with Crippen molar-refractivity contribution in [2.45, 2.75) is 51.6 Å². The van der Waals surface area contributed by atoms with Crippen LogP contribution in [0.5, 0.6) is 0 Å². The molecule has 1 aliphatic rings. The second kappa shape index (κ2) is 7.06. The lowest BCUT2D eigenvalue weighted by atomic mass is 9.80. The van der Waals surface area contributed by atoms with E-state index in [1.165, 1.54) is 24.8 Å². The van der Waals surface area contributed by atoms with Crippen molar-refractivity contribution in [3.05, 3.63) is 35.9 Å². The van der Waals surface area contributed by atoms with E-state index in [-0.39, 0.29) is 12.6 Å². The summed E-state index contributed by atoms with van der Waals surface area (Å²) in [5, 5.41) is 13.3. The minimum absolute atomic E-state index is 0.185. The number of hydrogen-bond donors (Lipinski definition) is 2. The molecule has 1 aliphatic carbocycles. The SMILES string of the molecule is CC1CC(C)CC(N[C@H](CO)Cc2ccccc2)C1. The van der Waals surface area contributed by atoms with Crippen LogP contribution in [-0.2, 0) is 6.42 Å². The molecule has 19 heavy (non-hydrogen) atoms. The fraction of sp³-hybridized carbons (Fsp3) is 0.647. The van der Waals surface area contributed by atoms with Crippen LogP contribution >= 0.6 is 0 Å². The van der Waals surface area contributed by atoms with Crippen molar-refractivity contribution in [3.63, 3.8) is 0 Å². The molecule has 2 nitrogen and oxygen atoms in total. The fourth-order valence-corrected chi connectivity index (χ4v) is 3.49. The van der Waals surface area contributed by atoms with Crippen LogP contribution in [-0.4, -0.2) is 23.8 Å². The second-order valence-corrected chi connectivity index (χ2v) is 6.35. The quantitative estimate of drug-likeness (QED) is 0.854. The predicted octanol–water partition coefficient (Wildman–Crippen LogP) is 3.00. The number of hydrogen-bond acceptors (Lipinski definition) is 2. The smallest absolute Gasteiger partial charge is 0.0587 e. The lowest BCUT2D eigenvalue weighted by Gasteiger charge is -2.34. The molecule has 1 saturated carbocycles. The zero-order valence-electron chi connectivity index (χ0n) is 12.2. The number of nitrogens with one attached hydrogen (secondary N) is 1. The molecule has 0 radical (unpaired) electrons. The van der Waals surface area contributed by atoms with Crippen molar-refractivity contribution in [2.75, 3.05) is 6.61 Å². The Balaban J connectivity index is 1.88. The summed E-state index contributed by atoms with van der Waals surface area (Å²) in [7, 11) is 0. The van der Waals surface area contributed by atoms with E-state index in [9.17, 15) is 5.11 Å². The third-order valence-electron chi connectivity index (χ3n) is 4.20. The van der Waals surface area contributed by atoms with E-state index in [0.29, 0.717) is 6.04 Å². The Hall–Kier alpha value is -0.860. The summed E-state index contributed by atoms with van der Waals surface area (Å²) >= 11 is 0. The lowest BCUT2D eigenvalue weighted by molar-refractivity contribution is 0.185. The highest BCUT2D eigenvalue weighted by molar-refractivity contribution is 5.16. The van der Waals surface area contributed by atoms with Crippen LogP contribution in [0.3, 0.4) is 0 Å². The maximum absolute atomic E-state index is 9.59. The van der Waals surface area contributed by atoms with E-state index in [4.69, 9.17) is 0 Å². The third-order valence-corrected chi connectivity index (χ3v) is 4.20. The molecule has 2 N–H and O–H groups in total. The predicted molar refractivity (Wildman–Crippen MR) is 80.1 cm³/mol. The molecule has 0 saturated heterocycles. The highest BCUT2D eigenvalue weighted by Gasteiger charge is 2.25. The minimum Gasteiger partial charge on any atom is -0.395 e. The molecule has 2 unspecified atom stereocenters. The van der Waals surface area contributed by atoms with Crippen LogP contribution in [0.1, 0.15) is 38.7 Å². The van der Waals surface area contributed by atoms with E-state index < -0.39 is 0 Å². The van der Waals surface area contributed by atoms with Crippen molar-refractivity contribution >= 4 is 0 Å². The van der Waals surface area contributed by atoms with Crippen LogP contribution < -0.4 is 5.32 Å². The highest BCUT2D eigenvalue weighted by atomic mass is 16.3. The van der Waals surface area contributed by atoms with Gasteiger partial charge in [-0.2, -0.15) is 0 Å². The maximum atomic E-state index is 9.59. The minimum atomic E-state index is 0.185. The fourth-order valence-electron chi connectivity index (χ4n) is 3.49. The molecule has 0 aromatic heterocycles. The van der Waals surface area contributed by atoms with Crippen LogP contribution in [0.4, 0.5) is 0 Å². The summed E-state index contributed by atoms with van der Waals surface area (Å²) in [6.07, 6.45) is 4.75. The summed E-state index contributed by atoms with van der Waals surface area (Å²) in [6, 6.07) is 11.2. The van der Waals surface area contributed by atoms with Gasteiger partial charge in [-0.1, -0.05) is 44.2 Å². The first-order valence-corrected chi connectivity index (χ1v) is 7.58. The molecule has 0 amide bonds. The molecular weight excluding hydrogens is 234 g/mol. The molecule has 1 fully saturated rings. The van der Waals surface area contributed by atoms with Gasteiger partial charge in [0.05, 0.1) is 6.61 Å². The van der Waals surface area contributed by atoms with Crippen molar-refractivity contribution in [1.82, 2.24) is 5.32 Å².